The molecule has 1 aliphatic heterocycles. The summed E-state index contributed by atoms with van der Waals surface area (Å²) in [5.41, 5.74) is 0.531. The van der Waals surface area contributed by atoms with Gasteiger partial charge in [0, 0.05) is 18.2 Å². The number of benzene rings is 1. The van der Waals surface area contributed by atoms with Crippen molar-refractivity contribution in [2.24, 2.45) is 0 Å². The highest BCUT2D eigenvalue weighted by molar-refractivity contribution is 5.98. The number of ether oxygens (including phenoxy) is 1. The van der Waals surface area contributed by atoms with Gasteiger partial charge in [0.25, 0.3) is 5.91 Å². The van der Waals surface area contributed by atoms with Crippen LogP contribution in [0, 0.1) is 0 Å². The number of amides is 2. The monoisotopic (exact) mass is 300 g/mol. The molecule has 1 heterocycles. The maximum atomic E-state index is 12.2. The number of rotatable bonds is 6. The number of nitrogens with one attached hydrogen (secondary N) is 1. The largest absolute Gasteiger partial charge is 0.490 e. The quantitative estimate of drug-likeness (QED) is 0.814. The van der Waals surface area contributed by atoms with Crippen molar-refractivity contribution in [2.75, 3.05) is 13.2 Å². The van der Waals surface area contributed by atoms with Gasteiger partial charge in [-0.15, -0.1) is 0 Å². The Morgan fingerprint density at radius 1 is 1.32 bits per heavy atom. The summed E-state index contributed by atoms with van der Waals surface area (Å²) in [6.07, 6.45) is 4.55. The standard InChI is InChI=1S/C17H20N2O3/c1-2-11-22-14-7-3-12(4-8-14)16(20)18-15-9-10-19(17(15)21)13-5-6-13/h2-4,7-8,13,15H,1,5-6,9-11H2,(H,18,20)/t15-/m1/s1. The van der Waals surface area contributed by atoms with E-state index < -0.39 is 0 Å². The van der Waals surface area contributed by atoms with Gasteiger partial charge in [-0.05, 0) is 43.5 Å². The highest BCUT2D eigenvalue weighted by Crippen LogP contribution is 2.30. The Balaban J connectivity index is 1.57. The van der Waals surface area contributed by atoms with Gasteiger partial charge in [0.2, 0.25) is 5.91 Å². The van der Waals surface area contributed by atoms with Crippen LogP contribution in [0.5, 0.6) is 5.75 Å². The summed E-state index contributed by atoms with van der Waals surface area (Å²) < 4.78 is 5.38. The third-order valence-corrected chi connectivity index (χ3v) is 4.02. The number of hydrogen-bond acceptors (Lipinski definition) is 3. The minimum atomic E-state index is -0.384. The first kappa shape index (κ1) is 14.6. The third-order valence-electron chi connectivity index (χ3n) is 4.02. The van der Waals surface area contributed by atoms with Crippen molar-refractivity contribution in [3.05, 3.63) is 42.5 Å². The zero-order valence-corrected chi connectivity index (χ0v) is 12.5. The molecule has 0 radical (unpaired) electrons. The van der Waals surface area contributed by atoms with Gasteiger partial charge in [-0.25, -0.2) is 0 Å². The van der Waals surface area contributed by atoms with Crippen LogP contribution >= 0.6 is 0 Å². The van der Waals surface area contributed by atoms with Crippen LogP contribution in [0.25, 0.3) is 0 Å². The molecule has 2 aliphatic rings. The van der Waals surface area contributed by atoms with E-state index in [1.807, 2.05) is 4.90 Å². The first-order valence-electron chi connectivity index (χ1n) is 7.64. The summed E-state index contributed by atoms with van der Waals surface area (Å²) in [6.45, 7) is 4.77. The maximum Gasteiger partial charge on any atom is 0.251 e. The fraction of sp³-hybridized carbons (Fsp3) is 0.412. The van der Waals surface area contributed by atoms with Crippen LogP contribution in [0.4, 0.5) is 0 Å². The van der Waals surface area contributed by atoms with Crippen molar-refractivity contribution in [1.82, 2.24) is 10.2 Å². The molecule has 5 heteroatoms. The SMILES string of the molecule is C=CCOc1ccc(C(=O)N[C@@H]2CCN(C3CC3)C2=O)cc1. The van der Waals surface area contributed by atoms with Crippen LogP contribution < -0.4 is 10.1 Å². The van der Waals surface area contributed by atoms with Crippen molar-refractivity contribution in [1.29, 1.82) is 0 Å². The Bertz CT molecular complexity index is 578. The molecule has 3 rings (SSSR count). The Hall–Kier alpha value is -2.30. The molecular weight excluding hydrogens is 280 g/mol. The van der Waals surface area contributed by atoms with Crippen molar-refractivity contribution < 1.29 is 14.3 Å². The molecule has 5 nitrogen and oxygen atoms in total. The molecule has 0 bridgehead atoms. The lowest BCUT2D eigenvalue weighted by Crippen LogP contribution is -2.42. The van der Waals surface area contributed by atoms with E-state index in [2.05, 4.69) is 11.9 Å². The lowest BCUT2D eigenvalue weighted by Gasteiger charge is -2.16. The predicted octanol–water partition coefficient (Wildman–Crippen LogP) is 1.74. The van der Waals surface area contributed by atoms with E-state index in [0.717, 1.165) is 19.4 Å². The highest BCUT2D eigenvalue weighted by Gasteiger charge is 2.40. The van der Waals surface area contributed by atoms with Crippen LogP contribution in [0.1, 0.15) is 29.6 Å². The van der Waals surface area contributed by atoms with Crippen LogP contribution in [0.2, 0.25) is 0 Å². The first-order chi connectivity index (χ1) is 10.7. The highest BCUT2D eigenvalue weighted by atomic mass is 16.5. The summed E-state index contributed by atoms with van der Waals surface area (Å²) in [5, 5.41) is 2.83. The van der Waals surface area contributed by atoms with Gasteiger partial charge in [-0.3, -0.25) is 9.59 Å². The Kier molecular flexibility index (Phi) is 4.13. The van der Waals surface area contributed by atoms with Gasteiger partial charge in [-0.1, -0.05) is 12.7 Å². The van der Waals surface area contributed by atoms with E-state index in [1.165, 1.54) is 0 Å². The van der Waals surface area contributed by atoms with Crippen LogP contribution in [-0.4, -0.2) is 41.9 Å². The van der Waals surface area contributed by atoms with Gasteiger partial charge in [0.1, 0.15) is 18.4 Å². The number of hydrogen-bond donors (Lipinski definition) is 1. The fourth-order valence-electron chi connectivity index (χ4n) is 2.68. The molecule has 1 aromatic carbocycles. The number of nitrogens with zero attached hydrogens (tertiary/aromatic N) is 1. The van der Waals surface area contributed by atoms with E-state index in [9.17, 15) is 9.59 Å². The molecule has 1 atom stereocenters. The topological polar surface area (TPSA) is 58.6 Å². The smallest absolute Gasteiger partial charge is 0.251 e. The lowest BCUT2D eigenvalue weighted by molar-refractivity contribution is -0.129. The molecule has 116 valence electrons. The molecule has 0 unspecified atom stereocenters. The molecule has 0 spiro atoms. The van der Waals surface area contributed by atoms with Crippen molar-refractivity contribution >= 4 is 11.8 Å². The molecule has 2 fully saturated rings. The van der Waals surface area contributed by atoms with Crippen molar-refractivity contribution in [3.63, 3.8) is 0 Å². The summed E-state index contributed by atoms with van der Waals surface area (Å²) in [6, 6.07) is 6.91. The zero-order chi connectivity index (χ0) is 15.5. The van der Waals surface area contributed by atoms with Gasteiger partial charge in [0.15, 0.2) is 0 Å². The second kappa shape index (κ2) is 6.22. The molecule has 1 aromatic rings. The Labute approximate surface area is 129 Å². The third kappa shape index (κ3) is 3.13. The van der Waals surface area contributed by atoms with E-state index in [4.69, 9.17) is 4.74 Å². The van der Waals surface area contributed by atoms with Crippen LogP contribution in [0.3, 0.4) is 0 Å². The molecule has 22 heavy (non-hydrogen) atoms. The zero-order valence-electron chi connectivity index (χ0n) is 12.5. The van der Waals surface area contributed by atoms with E-state index >= 15 is 0 Å². The predicted molar refractivity (Wildman–Crippen MR) is 82.7 cm³/mol. The molecular formula is C17H20N2O3. The number of carbonyl (C=O) groups excluding carboxylic acids is 2. The second-order valence-corrected chi connectivity index (χ2v) is 5.70. The van der Waals surface area contributed by atoms with E-state index in [-0.39, 0.29) is 17.9 Å². The van der Waals surface area contributed by atoms with Crippen LogP contribution in [0.15, 0.2) is 36.9 Å². The molecule has 1 N–H and O–H groups in total. The summed E-state index contributed by atoms with van der Waals surface area (Å²) >= 11 is 0. The Morgan fingerprint density at radius 2 is 2.05 bits per heavy atom. The molecule has 1 saturated heterocycles. The van der Waals surface area contributed by atoms with Gasteiger partial charge >= 0.3 is 0 Å². The first-order valence-corrected chi connectivity index (χ1v) is 7.64. The van der Waals surface area contributed by atoms with Gasteiger partial charge < -0.3 is 15.0 Å². The normalized spacial score (nSPS) is 20.8. The molecule has 1 saturated carbocycles. The lowest BCUT2D eigenvalue weighted by atomic mass is 10.1. The van der Waals surface area contributed by atoms with Gasteiger partial charge in [-0.2, -0.15) is 0 Å². The van der Waals surface area contributed by atoms with Crippen LogP contribution in [-0.2, 0) is 4.79 Å². The molecule has 2 amide bonds. The van der Waals surface area contributed by atoms with E-state index in [1.54, 1.807) is 30.3 Å². The summed E-state index contributed by atoms with van der Waals surface area (Å²) in [5.74, 6) is 0.529. The summed E-state index contributed by atoms with van der Waals surface area (Å²) in [7, 11) is 0. The molecule has 1 aliphatic carbocycles. The van der Waals surface area contributed by atoms with Gasteiger partial charge in [0.05, 0.1) is 0 Å². The summed E-state index contributed by atoms with van der Waals surface area (Å²) in [4.78, 5) is 26.3. The second-order valence-electron chi connectivity index (χ2n) is 5.70. The van der Waals surface area contributed by atoms with Crippen molar-refractivity contribution in [2.45, 2.75) is 31.3 Å². The van der Waals surface area contributed by atoms with Crippen molar-refractivity contribution in [3.8, 4) is 5.75 Å². The Morgan fingerprint density at radius 3 is 2.68 bits per heavy atom. The van der Waals surface area contributed by atoms with E-state index in [0.29, 0.717) is 30.4 Å². The minimum Gasteiger partial charge on any atom is -0.490 e. The number of likely N-dealkylation sites (tertiary alicyclic amines) is 1. The minimum absolute atomic E-state index is 0.0572. The average molecular weight is 300 g/mol. The maximum absolute atomic E-state index is 12.2. The number of carbonyl (C=O) groups is 2. The fourth-order valence-corrected chi connectivity index (χ4v) is 2.68. The average Bonchev–Trinajstić information content (AvgIpc) is 3.31. The molecule has 0 aromatic heterocycles.